The van der Waals surface area contributed by atoms with Crippen LogP contribution < -0.4 is 10.0 Å². The second-order valence-corrected chi connectivity index (χ2v) is 9.10. The van der Waals surface area contributed by atoms with Gasteiger partial charge in [0.05, 0.1) is 11.3 Å². The zero-order valence-corrected chi connectivity index (χ0v) is 14.4. The van der Waals surface area contributed by atoms with Crippen LogP contribution in [0.2, 0.25) is 0 Å². The van der Waals surface area contributed by atoms with Crippen molar-refractivity contribution in [2.75, 3.05) is 5.75 Å². The van der Waals surface area contributed by atoms with Crippen LogP contribution in [-0.4, -0.2) is 31.7 Å². The lowest BCUT2D eigenvalue weighted by atomic mass is 9.88. The van der Waals surface area contributed by atoms with Gasteiger partial charge in [0.15, 0.2) is 0 Å². The number of hydrogen-bond acceptors (Lipinski definition) is 3. The van der Waals surface area contributed by atoms with Gasteiger partial charge in [0.1, 0.15) is 0 Å². The molecule has 1 atom stereocenters. The first-order chi connectivity index (χ1) is 10.8. The molecule has 3 rings (SSSR count). The van der Waals surface area contributed by atoms with E-state index in [0.29, 0.717) is 12.8 Å². The number of sulfonamides is 1. The first kappa shape index (κ1) is 16.5. The Morgan fingerprint density at radius 3 is 2.39 bits per heavy atom. The maximum atomic E-state index is 12.6. The maximum Gasteiger partial charge on any atom is 0.220 e. The fourth-order valence-corrected chi connectivity index (χ4v) is 5.49. The van der Waals surface area contributed by atoms with E-state index in [1.54, 1.807) is 0 Å². The van der Waals surface area contributed by atoms with Gasteiger partial charge in [0, 0.05) is 12.5 Å². The average Bonchev–Trinajstić information content (AvgIpc) is 2.82. The summed E-state index contributed by atoms with van der Waals surface area (Å²) in [6.07, 6.45) is 2.55. The second kappa shape index (κ2) is 5.91. The smallest absolute Gasteiger partial charge is 0.220 e. The molecule has 1 amide bonds. The zero-order chi connectivity index (χ0) is 16.7. The summed E-state index contributed by atoms with van der Waals surface area (Å²) >= 11 is 0. The third kappa shape index (κ3) is 3.75. The largest absolute Gasteiger partial charge is 0.350 e. The van der Waals surface area contributed by atoms with Gasteiger partial charge in [-0.1, -0.05) is 24.3 Å². The summed E-state index contributed by atoms with van der Waals surface area (Å²) in [5.41, 5.74) is 1.97. The molecule has 1 fully saturated rings. The van der Waals surface area contributed by atoms with Gasteiger partial charge in [-0.25, -0.2) is 13.1 Å². The van der Waals surface area contributed by atoms with E-state index >= 15 is 0 Å². The first-order valence-corrected chi connectivity index (χ1v) is 9.78. The van der Waals surface area contributed by atoms with Crippen molar-refractivity contribution in [1.82, 2.24) is 10.0 Å². The third-order valence-electron chi connectivity index (χ3n) is 4.91. The molecule has 0 saturated carbocycles. The molecule has 0 radical (unpaired) electrons. The number of benzene rings is 1. The van der Waals surface area contributed by atoms with Crippen molar-refractivity contribution in [1.29, 1.82) is 0 Å². The lowest BCUT2D eigenvalue weighted by molar-refractivity contribution is -0.125. The number of piperidine rings is 1. The minimum Gasteiger partial charge on any atom is -0.350 e. The Morgan fingerprint density at radius 2 is 1.83 bits per heavy atom. The molecule has 0 spiro atoms. The van der Waals surface area contributed by atoms with Crippen LogP contribution in [0.25, 0.3) is 0 Å². The highest BCUT2D eigenvalue weighted by Crippen LogP contribution is 2.28. The van der Waals surface area contributed by atoms with Crippen molar-refractivity contribution in [2.24, 2.45) is 5.92 Å². The topological polar surface area (TPSA) is 75.3 Å². The highest BCUT2D eigenvalue weighted by atomic mass is 32.2. The van der Waals surface area contributed by atoms with E-state index in [1.807, 2.05) is 26.0 Å². The standard InChI is InChI=1S/C17H24N2O3S/c1-17(2)15(7-8-16(20)18-17)19-23(21,22)11-12-9-13-5-3-4-6-14(13)10-12/h3-6,12,15,19H,7-11H2,1-2H3,(H,18,20). The van der Waals surface area contributed by atoms with Crippen LogP contribution in [0, 0.1) is 5.92 Å². The molecule has 1 saturated heterocycles. The molecule has 5 nitrogen and oxygen atoms in total. The zero-order valence-electron chi connectivity index (χ0n) is 13.6. The average molecular weight is 336 g/mol. The Bertz CT molecular complexity index is 687. The summed E-state index contributed by atoms with van der Waals surface area (Å²) in [6, 6.07) is 7.90. The van der Waals surface area contributed by atoms with Crippen LogP contribution in [0.1, 0.15) is 37.8 Å². The van der Waals surface area contributed by atoms with Gasteiger partial charge >= 0.3 is 0 Å². The molecule has 6 heteroatoms. The molecule has 1 unspecified atom stereocenters. The van der Waals surface area contributed by atoms with E-state index in [0.717, 1.165) is 12.8 Å². The molecule has 1 aromatic carbocycles. The van der Waals surface area contributed by atoms with Crippen LogP contribution in [0.3, 0.4) is 0 Å². The fourth-order valence-electron chi connectivity index (χ4n) is 3.69. The van der Waals surface area contributed by atoms with E-state index in [4.69, 9.17) is 0 Å². The predicted octanol–water partition coefficient (Wildman–Crippen LogP) is 1.38. The van der Waals surface area contributed by atoms with E-state index in [1.165, 1.54) is 11.1 Å². The van der Waals surface area contributed by atoms with Crippen molar-refractivity contribution in [3.8, 4) is 0 Å². The molecule has 2 N–H and O–H groups in total. The molecular weight excluding hydrogens is 312 g/mol. The molecule has 0 aromatic heterocycles. The minimum absolute atomic E-state index is 0.0170. The van der Waals surface area contributed by atoms with E-state index in [9.17, 15) is 13.2 Å². The van der Waals surface area contributed by atoms with Gasteiger partial charge < -0.3 is 5.32 Å². The third-order valence-corrected chi connectivity index (χ3v) is 6.46. The summed E-state index contributed by atoms with van der Waals surface area (Å²) in [4.78, 5) is 11.5. The summed E-state index contributed by atoms with van der Waals surface area (Å²) in [6.45, 7) is 3.73. The molecule has 1 heterocycles. The number of carbonyl (C=O) groups is 1. The van der Waals surface area contributed by atoms with Crippen molar-refractivity contribution < 1.29 is 13.2 Å². The van der Waals surface area contributed by atoms with Crippen molar-refractivity contribution in [2.45, 2.75) is 51.1 Å². The van der Waals surface area contributed by atoms with E-state index < -0.39 is 15.6 Å². The number of rotatable bonds is 4. The lowest BCUT2D eigenvalue weighted by Gasteiger charge is -2.39. The summed E-state index contributed by atoms with van der Waals surface area (Å²) in [7, 11) is -3.37. The lowest BCUT2D eigenvalue weighted by Crippen LogP contribution is -2.62. The number of nitrogens with one attached hydrogen (secondary N) is 2. The molecular formula is C17H24N2O3S. The van der Waals surface area contributed by atoms with Crippen molar-refractivity contribution in [3.63, 3.8) is 0 Å². The van der Waals surface area contributed by atoms with Crippen LogP contribution in [0.4, 0.5) is 0 Å². The molecule has 1 aromatic rings. The SMILES string of the molecule is CC1(C)NC(=O)CCC1NS(=O)(=O)CC1Cc2ccccc2C1. The maximum absolute atomic E-state index is 12.6. The summed E-state index contributed by atoms with van der Waals surface area (Å²) < 4.78 is 27.9. The van der Waals surface area contributed by atoms with Gasteiger partial charge in [-0.2, -0.15) is 0 Å². The number of hydrogen-bond donors (Lipinski definition) is 2. The Hall–Kier alpha value is -1.40. The molecule has 1 aliphatic heterocycles. The van der Waals surface area contributed by atoms with Gasteiger partial charge in [-0.3, -0.25) is 4.79 Å². The van der Waals surface area contributed by atoms with E-state index in [2.05, 4.69) is 22.2 Å². The van der Waals surface area contributed by atoms with Crippen LogP contribution in [0.15, 0.2) is 24.3 Å². The molecule has 1 aliphatic carbocycles. The normalized spacial score (nSPS) is 24.3. The van der Waals surface area contributed by atoms with Crippen LogP contribution >= 0.6 is 0 Å². The monoisotopic (exact) mass is 336 g/mol. The van der Waals surface area contributed by atoms with Gasteiger partial charge in [0.25, 0.3) is 0 Å². The number of carbonyl (C=O) groups excluding carboxylic acids is 1. The highest BCUT2D eigenvalue weighted by molar-refractivity contribution is 7.89. The van der Waals surface area contributed by atoms with Gasteiger partial charge in [0.2, 0.25) is 15.9 Å². The summed E-state index contributed by atoms with van der Waals surface area (Å²) in [5.74, 6) is 0.255. The molecule has 23 heavy (non-hydrogen) atoms. The van der Waals surface area contributed by atoms with E-state index in [-0.39, 0.29) is 23.6 Å². The molecule has 0 bridgehead atoms. The van der Waals surface area contributed by atoms with Gasteiger partial charge in [-0.15, -0.1) is 0 Å². The van der Waals surface area contributed by atoms with Gasteiger partial charge in [-0.05, 0) is 50.2 Å². The second-order valence-electron chi connectivity index (χ2n) is 7.30. The molecule has 126 valence electrons. The number of fused-ring (bicyclic) bond motifs is 1. The first-order valence-electron chi connectivity index (χ1n) is 8.13. The molecule has 2 aliphatic rings. The van der Waals surface area contributed by atoms with Crippen LogP contribution in [0.5, 0.6) is 0 Å². The Labute approximate surface area is 137 Å². The van der Waals surface area contributed by atoms with Crippen LogP contribution in [-0.2, 0) is 27.7 Å². The highest BCUT2D eigenvalue weighted by Gasteiger charge is 2.38. The quantitative estimate of drug-likeness (QED) is 0.872. The fraction of sp³-hybridized carbons (Fsp3) is 0.588. The van der Waals surface area contributed by atoms with Crippen molar-refractivity contribution in [3.05, 3.63) is 35.4 Å². The Balaban J connectivity index is 1.63. The van der Waals surface area contributed by atoms with Crippen molar-refractivity contribution >= 4 is 15.9 Å². The summed E-state index contributed by atoms with van der Waals surface area (Å²) in [5, 5.41) is 2.87. The Morgan fingerprint density at radius 1 is 1.22 bits per heavy atom. The number of amides is 1. The Kier molecular flexibility index (Phi) is 4.23. The minimum atomic E-state index is -3.37. The predicted molar refractivity (Wildman–Crippen MR) is 89.5 cm³/mol.